The Morgan fingerprint density at radius 3 is 1.90 bits per heavy atom. The molecular formula is C16H18Br2O2. The minimum absolute atomic E-state index is 0.844. The van der Waals surface area contributed by atoms with E-state index in [0.717, 1.165) is 22.2 Å². The molecule has 0 N–H and O–H groups in total. The van der Waals surface area contributed by atoms with Gasteiger partial charge in [-0.25, -0.2) is 0 Å². The second kappa shape index (κ2) is 9.83. The molecule has 2 aromatic rings. The van der Waals surface area contributed by atoms with Crippen LogP contribution in [0, 0.1) is 0 Å². The van der Waals surface area contributed by atoms with Crippen LogP contribution in [0.15, 0.2) is 48.5 Å². The van der Waals surface area contributed by atoms with Crippen LogP contribution in [0.3, 0.4) is 0 Å². The van der Waals surface area contributed by atoms with E-state index in [2.05, 4.69) is 31.9 Å². The van der Waals surface area contributed by atoms with Gasteiger partial charge >= 0.3 is 0 Å². The Morgan fingerprint density at radius 2 is 1.45 bits per heavy atom. The van der Waals surface area contributed by atoms with Crippen molar-refractivity contribution in [2.75, 3.05) is 14.2 Å². The predicted molar refractivity (Wildman–Crippen MR) is 91.3 cm³/mol. The molecule has 0 radical (unpaired) electrons. The van der Waals surface area contributed by atoms with E-state index < -0.39 is 0 Å². The number of halogens is 2. The maximum atomic E-state index is 5.11. The summed E-state index contributed by atoms with van der Waals surface area (Å²) in [5.41, 5.74) is 2.45. The summed E-state index contributed by atoms with van der Waals surface area (Å²) in [4.78, 5) is 0. The Kier molecular flexibility index (Phi) is 8.38. The fourth-order valence-corrected chi connectivity index (χ4v) is 2.37. The Hall–Kier alpha value is -1.00. The summed E-state index contributed by atoms with van der Waals surface area (Å²) in [6.45, 7) is 0. The van der Waals surface area contributed by atoms with Crippen LogP contribution in [0.2, 0.25) is 0 Å². The van der Waals surface area contributed by atoms with Crippen LogP contribution in [0.5, 0.6) is 11.5 Å². The van der Waals surface area contributed by atoms with Crippen LogP contribution in [0.1, 0.15) is 11.1 Å². The van der Waals surface area contributed by atoms with Gasteiger partial charge in [0, 0.05) is 16.2 Å². The predicted octanol–water partition coefficient (Wildman–Crippen LogP) is 5.18. The highest BCUT2D eigenvalue weighted by Gasteiger charge is 1.96. The van der Waals surface area contributed by atoms with Gasteiger partial charge in [-0.15, -0.1) is 0 Å². The first kappa shape index (κ1) is 17.1. The van der Waals surface area contributed by atoms with Crippen LogP contribution in [0.4, 0.5) is 0 Å². The van der Waals surface area contributed by atoms with E-state index in [-0.39, 0.29) is 0 Å². The van der Waals surface area contributed by atoms with Gasteiger partial charge in [-0.1, -0.05) is 62.2 Å². The van der Waals surface area contributed by atoms with E-state index in [1.165, 1.54) is 11.1 Å². The van der Waals surface area contributed by atoms with Crippen molar-refractivity contribution >= 4 is 31.9 Å². The molecule has 0 bridgehead atoms. The molecule has 0 aliphatic rings. The molecule has 0 unspecified atom stereocenters. The van der Waals surface area contributed by atoms with Crippen molar-refractivity contribution in [3.63, 3.8) is 0 Å². The number of para-hydroxylation sites is 1. The van der Waals surface area contributed by atoms with Crippen LogP contribution >= 0.6 is 31.9 Å². The lowest BCUT2D eigenvalue weighted by Gasteiger charge is -2.03. The maximum absolute atomic E-state index is 5.11. The third-order valence-corrected chi connectivity index (χ3v) is 3.90. The van der Waals surface area contributed by atoms with Gasteiger partial charge in [-0.2, -0.15) is 0 Å². The Labute approximate surface area is 137 Å². The second-order valence-corrected chi connectivity index (χ2v) is 5.05. The maximum Gasteiger partial charge on any atom is 0.122 e. The summed E-state index contributed by atoms with van der Waals surface area (Å²) in [6.07, 6.45) is 0. The summed E-state index contributed by atoms with van der Waals surface area (Å²) >= 11 is 6.73. The van der Waals surface area contributed by atoms with Crippen LogP contribution in [-0.4, -0.2) is 14.2 Å². The molecule has 2 rings (SSSR count). The summed E-state index contributed by atoms with van der Waals surface area (Å²) in [6, 6.07) is 15.9. The van der Waals surface area contributed by atoms with Crippen LogP contribution in [-0.2, 0) is 10.7 Å². The zero-order chi connectivity index (χ0) is 14.8. The summed E-state index contributed by atoms with van der Waals surface area (Å²) < 4.78 is 10.1. The minimum atomic E-state index is 0.844. The zero-order valence-corrected chi connectivity index (χ0v) is 14.8. The highest BCUT2D eigenvalue weighted by molar-refractivity contribution is 9.08. The summed E-state index contributed by atoms with van der Waals surface area (Å²) in [5, 5.41) is 1.74. The fourth-order valence-electron chi connectivity index (χ4n) is 1.53. The van der Waals surface area contributed by atoms with Crippen molar-refractivity contribution in [2.45, 2.75) is 10.7 Å². The highest BCUT2D eigenvalue weighted by atomic mass is 79.9. The molecule has 0 aliphatic carbocycles. The summed E-state index contributed by atoms with van der Waals surface area (Å²) in [5.74, 6) is 1.85. The van der Waals surface area contributed by atoms with Gasteiger partial charge in [0.25, 0.3) is 0 Å². The van der Waals surface area contributed by atoms with Gasteiger partial charge in [0.1, 0.15) is 11.5 Å². The van der Waals surface area contributed by atoms with Crippen molar-refractivity contribution < 1.29 is 9.47 Å². The van der Waals surface area contributed by atoms with Crippen LogP contribution in [0.25, 0.3) is 0 Å². The number of benzene rings is 2. The third kappa shape index (κ3) is 5.55. The van der Waals surface area contributed by atoms with Crippen LogP contribution < -0.4 is 9.47 Å². The van der Waals surface area contributed by atoms with Crippen molar-refractivity contribution in [3.05, 3.63) is 59.7 Å². The topological polar surface area (TPSA) is 18.5 Å². The first-order valence-electron chi connectivity index (χ1n) is 6.12. The van der Waals surface area contributed by atoms with Gasteiger partial charge in [-0.3, -0.25) is 0 Å². The minimum Gasteiger partial charge on any atom is -0.497 e. The Bertz CT molecular complexity index is 452. The molecule has 0 saturated heterocycles. The molecule has 0 atom stereocenters. The molecule has 2 nitrogen and oxygen atoms in total. The lowest BCUT2D eigenvalue weighted by molar-refractivity contribution is 0.411. The number of hydrogen-bond acceptors (Lipinski definition) is 2. The average molecular weight is 402 g/mol. The van der Waals surface area contributed by atoms with E-state index in [9.17, 15) is 0 Å². The van der Waals surface area contributed by atoms with E-state index in [1.807, 2.05) is 48.5 Å². The third-order valence-electron chi connectivity index (χ3n) is 2.65. The Morgan fingerprint density at radius 1 is 0.800 bits per heavy atom. The highest BCUT2D eigenvalue weighted by Crippen LogP contribution is 2.19. The van der Waals surface area contributed by atoms with Gasteiger partial charge in [0.2, 0.25) is 0 Å². The van der Waals surface area contributed by atoms with Gasteiger partial charge in [0.15, 0.2) is 0 Å². The molecule has 0 aliphatic heterocycles. The van der Waals surface area contributed by atoms with E-state index >= 15 is 0 Å². The lowest BCUT2D eigenvalue weighted by Crippen LogP contribution is -1.87. The fraction of sp³-hybridized carbons (Fsp3) is 0.250. The standard InChI is InChI=1S/2C8H9BrO/c1-10-8-4-2-7(6-9)3-5-8;1-10-8-5-3-2-4-7(8)6-9/h2*2-5H,6H2,1H3. The molecule has 2 aromatic carbocycles. The second-order valence-electron chi connectivity index (χ2n) is 3.93. The average Bonchev–Trinajstić information content (AvgIpc) is 2.55. The Balaban J connectivity index is 0.000000200. The first-order chi connectivity index (χ1) is 9.74. The number of rotatable bonds is 4. The van der Waals surface area contributed by atoms with Crippen molar-refractivity contribution in [1.29, 1.82) is 0 Å². The number of methoxy groups -OCH3 is 2. The molecule has 4 heteroatoms. The zero-order valence-electron chi connectivity index (χ0n) is 11.6. The number of ether oxygens (including phenoxy) is 2. The SMILES string of the molecule is COc1ccc(CBr)cc1.COc1ccccc1CBr. The molecule has 0 aromatic heterocycles. The normalized spacial score (nSPS) is 9.40. The molecule has 0 amide bonds. The van der Waals surface area contributed by atoms with Gasteiger partial charge < -0.3 is 9.47 Å². The lowest BCUT2D eigenvalue weighted by atomic mass is 10.2. The van der Waals surface area contributed by atoms with Crippen molar-refractivity contribution in [2.24, 2.45) is 0 Å². The quantitative estimate of drug-likeness (QED) is 0.657. The molecule has 0 spiro atoms. The molecular weight excluding hydrogens is 384 g/mol. The number of alkyl halides is 2. The van der Waals surface area contributed by atoms with Crippen molar-refractivity contribution in [1.82, 2.24) is 0 Å². The van der Waals surface area contributed by atoms with Crippen molar-refractivity contribution in [3.8, 4) is 11.5 Å². The molecule has 0 fully saturated rings. The monoisotopic (exact) mass is 400 g/mol. The molecule has 108 valence electrons. The van der Waals surface area contributed by atoms with Gasteiger partial charge in [0.05, 0.1) is 14.2 Å². The van der Waals surface area contributed by atoms with Gasteiger partial charge in [-0.05, 0) is 23.8 Å². The first-order valence-corrected chi connectivity index (χ1v) is 8.36. The largest absolute Gasteiger partial charge is 0.497 e. The molecule has 0 saturated carbocycles. The number of hydrogen-bond donors (Lipinski definition) is 0. The summed E-state index contributed by atoms with van der Waals surface area (Å²) in [7, 11) is 3.35. The van der Waals surface area contributed by atoms with E-state index in [1.54, 1.807) is 14.2 Å². The van der Waals surface area contributed by atoms with E-state index in [0.29, 0.717) is 0 Å². The van der Waals surface area contributed by atoms with E-state index in [4.69, 9.17) is 9.47 Å². The molecule has 20 heavy (non-hydrogen) atoms. The smallest absolute Gasteiger partial charge is 0.122 e. The molecule has 0 heterocycles.